The average Bonchev–Trinajstić information content (AvgIpc) is 3.25. The second-order valence-corrected chi connectivity index (χ2v) is 12.9. The smallest absolute Gasteiger partial charge is 0.407 e. The van der Waals surface area contributed by atoms with E-state index in [-0.39, 0.29) is 23.3 Å². The Bertz CT molecular complexity index is 1530. The highest BCUT2D eigenvalue weighted by atomic mass is 16.6. The summed E-state index contributed by atoms with van der Waals surface area (Å²) in [6.45, 7) is 8.48. The van der Waals surface area contributed by atoms with Crippen LogP contribution < -0.4 is 35.6 Å². The maximum atomic E-state index is 13.5. The van der Waals surface area contributed by atoms with Crippen molar-refractivity contribution in [2.45, 2.75) is 83.9 Å². The molecule has 4 rings (SSSR count). The summed E-state index contributed by atoms with van der Waals surface area (Å²) < 4.78 is 22.4. The highest BCUT2D eigenvalue weighted by molar-refractivity contribution is 5.84. The van der Waals surface area contributed by atoms with E-state index in [1.807, 2.05) is 37.8 Å². The molecule has 47 heavy (non-hydrogen) atoms. The van der Waals surface area contributed by atoms with Gasteiger partial charge in [-0.2, -0.15) is 0 Å². The van der Waals surface area contributed by atoms with Gasteiger partial charge in [0.1, 0.15) is 5.60 Å². The summed E-state index contributed by atoms with van der Waals surface area (Å²) in [6, 6.07) is 6.67. The highest BCUT2D eigenvalue weighted by Crippen LogP contribution is 2.50. The number of carbonyl (C=O) groups is 3. The fourth-order valence-corrected chi connectivity index (χ4v) is 6.22. The number of piperidine rings is 1. The molecule has 0 radical (unpaired) electrons. The largest absolute Gasteiger partial charge is 0.493 e. The van der Waals surface area contributed by atoms with Gasteiger partial charge in [0.15, 0.2) is 11.5 Å². The van der Waals surface area contributed by atoms with Crippen LogP contribution in [-0.4, -0.2) is 75.4 Å². The first-order chi connectivity index (χ1) is 22.3. The lowest BCUT2D eigenvalue weighted by Crippen LogP contribution is -2.47. The number of carbonyl (C=O) groups excluding carboxylic acids is 3. The first-order valence-corrected chi connectivity index (χ1v) is 16.1. The molecule has 1 atom stereocenters. The number of ether oxygens (including phenoxy) is 4. The van der Waals surface area contributed by atoms with Gasteiger partial charge in [-0.15, -0.1) is 0 Å². The van der Waals surface area contributed by atoms with Crippen LogP contribution in [0.4, 0.5) is 10.5 Å². The molecule has 0 aromatic heterocycles. The van der Waals surface area contributed by atoms with Crippen LogP contribution in [0, 0.1) is 0 Å². The number of anilines is 1. The first-order valence-electron chi connectivity index (χ1n) is 16.1. The predicted octanol–water partition coefficient (Wildman–Crippen LogP) is 4.57. The standard InChI is InChI=1S/C35H48N4O8/c1-21(40)37-26-12-10-22-19-29(44-5)32(45-6)33(46-7)31(22)24-11-13-27(28(41)20-25(24)26)36-16-8-9-30(42)39-17-14-23(15-18-39)38-34(43)47-35(2,3)4/h11,13,19-20,23,26H,8-10,12,14-18H2,1-7H3,(H,36,41)(H,37,40)(H,38,43)/t26-/m0/s1. The molecule has 0 bridgehead atoms. The molecule has 2 aromatic carbocycles. The molecule has 1 saturated heterocycles. The molecule has 3 N–H and O–H groups in total. The minimum absolute atomic E-state index is 0.0275. The number of benzene rings is 1. The van der Waals surface area contributed by atoms with Gasteiger partial charge < -0.3 is 39.8 Å². The van der Waals surface area contributed by atoms with Crippen molar-refractivity contribution < 1.29 is 33.3 Å². The van der Waals surface area contributed by atoms with Gasteiger partial charge in [-0.3, -0.25) is 14.4 Å². The minimum Gasteiger partial charge on any atom is -0.493 e. The first kappa shape index (κ1) is 35.4. The zero-order chi connectivity index (χ0) is 34.3. The zero-order valence-electron chi connectivity index (χ0n) is 28.5. The van der Waals surface area contributed by atoms with Crippen LogP contribution in [-0.2, 0) is 20.7 Å². The molecule has 12 heteroatoms. The molecule has 1 fully saturated rings. The molecule has 2 aliphatic rings. The Hall–Kier alpha value is -4.48. The summed E-state index contributed by atoms with van der Waals surface area (Å²) in [4.78, 5) is 52.5. The highest BCUT2D eigenvalue weighted by Gasteiger charge is 2.30. The van der Waals surface area contributed by atoms with Gasteiger partial charge in [-0.05, 0) is 87.8 Å². The van der Waals surface area contributed by atoms with E-state index in [4.69, 9.17) is 18.9 Å². The predicted molar refractivity (Wildman–Crippen MR) is 179 cm³/mol. The van der Waals surface area contributed by atoms with Crippen molar-refractivity contribution in [1.82, 2.24) is 15.5 Å². The topological polar surface area (TPSA) is 145 Å². The second kappa shape index (κ2) is 15.4. The van der Waals surface area contributed by atoms with Crippen molar-refractivity contribution >= 4 is 23.6 Å². The van der Waals surface area contributed by atoms with E-state index in [1.54, 1.807) is 33.5 Å². The maximum Gasteiger partial charge on any atom is 0.407 e. The van der Waals surface area contributed by atoms with Crippen LogP contribution in [0.5, 0.6) is 17.2 Å². The van der Waals surface area contributed by atoms with E-state index >= 15 is 0 Å². The Morgan fingerprint density at radius 2 is 1.64 bits per heavy atom. The van der Waals surface area contributed by atoms with Gasteiger partial charge >= 0.3 is 6.09 Å². The number of methoxy groups -OCH3 is 3. The van der Waals surface area contributed by atoms with Gasteiger partial charge in [0.2, 0.25) is 23.0 Å². The molecule has 1 aliphatic carbocycles. The van der Waals surface area contributed by atoms with E-state index in [2.05, 4.69) is 16.0 Å². The van der Waals surface area contributed by atoms with Gasteiger partial charge in [-0.1, -0.05) is 6.07 Å². The molecular formula is C35H48N4O8. The van der Waals surface area contributed by atoms with Gasteiger partial charge in [0.05, 0.1) is 33.1 Å². The Morgan fingerprint density at radius 3 is 2.26 bits per heavy atom. The molecule has 256 valence electrons. The number of likely N-dealkylation sites (tertiary alicyclic amines) is 1. The molecular weight excluding hydrogens is 604 g/mol. The van der Waals surface area contributed by atoms with Crippen LogP contribution >= 0.6 is 0 Å². The van der Waals surface area contributed by atoms with Crippen LogP contribution in [0.3, 0.4) is 0 Å². The van der Waals surface area contributed by atoms with E-state index in [1.165, 1.54) is 6.92 Å². The summed E-state index contributed by atoms with van der Waals surface area (Å²) >= 11 is 0. The number of fused-ring (bicyclic) bond motifs is 3. The van der Waals surface area contributed by atoms with Crippen molar-refractivity contribution in [3.05, 3.63) is 45.6 Å². The summed E-state index contributed by atoms with van der Waals surface area (Å²) in [5.41, 5.74) is 2.77. The van der Waals surface area contributed by atoms with Crippen molar-refractivity contribution in [2.24, 2.45) is 0 Å². The molecule has 3 amide bonds. The number of amides is 3. The third kappa shape index (κ3) is 8.87. The number of hydrogen-bond donors (Lipinski definition) is 3. The van der Waals surface area contributed by atoms with E-state index in [0.717, 1.165) is 16.7 Å². The van der Waals surface area contributed by atoms with Gasteiger partial charge in [0, 0.05) is 44.6 Å². The molecule has 0 saturated carbocycles. The average molecular weight is 653 g/mol. The fourth-order valence-electron chi connectivity index (χ4n) is 6.22. The number of aryl methyl sites for hydroxylation is 1. The Morgan fingerprint density at radius 1 is 0.936 bits per heavy atom. The Kier molecular flexibility index (Phi) is 11.6. The SMILES string of the molecule is COc1cc2c(c(OC)c1OC)-c1ccc(NCCCC(=O)N3CCC(NC(=O)OC(C)(C)C)CC3)c(=O)cc1[C@@H](NC(C)=O)CC2. The van der Waals surface area contributed by atoms with Crippen molar-refractivity contribution in [3.63, 3.8) is 0 Å². The van der Waals surface area contributed by atoms with Crippen molar-refractivity contribution in [2.75, 3.05) is 46.3 Å². The second-order valence-electron chi connectivity index (χ2n) is 12.9. The lowest BCUT2D eigenvalue weighted by atomic mass is 9.95. The minimum atomic E-state index is -0.561. The van der Waals surface area contributed by atoms with E-state index in [0.29, 0.717) is 86.7 Å². The third-order valence-corrected chi connectivity index (χ3v) is 8.37. The maximum absolute atomic E-state index is 13.5. The molecule has 1 aliphatic heterocycles. The Balaban J connectivity index is 1.46. The monoisotopic (exact) mass is 652 g/mol. The summed E-state index contributed by atoms with van der Waals surface area (Å²) in [5, 5.41) is 9.13. The van der Waals surface area contributed by atoms with E-state index in [9.17, 15) is 19.2 Å². The number of rotatable bonds is 10. The molecule has 1 heterocycles. The molecule has 0 unspecified atom stereocenters. The summed E-state index contributed by atoms with van der Waals surface area (Å²) in [6.07, 6.45) is 2.94. The Labute approximate surface area is 276 Å². The number of hydrogen-bond acceptors (Lipinski definition) is 9. The van der Waals surface area contributed by atoms with Gasteiger partial charge in [-0.25, -0.2) is 4.79 Å². The van der Waals surface area contributed by atoms with Crippen molar-refractivity contribution in [1.29, 1.82) is 0 Å². The fraction of sp³-hybridized carbons (Fsp3) is 0.543. The lowest BCUT2D eigenvalue weighted by Gasteiger charge is -2.33. The summed E-state index contributed by atoms with van der Waals surface area (Å²) in [5.74, 6) is 1.31. The quantitative estimate of drug-likeness (QED) is 0.315. The molecule has 2 aromatic rings. The van der Waals surface area contributed by atoms with Crippen LogP contribution in [0.15, 0.2) is 29.1 Å². The molecule has 0 spiro atoms. The van der Waals surface area contributed by atoms with Gasteiger partial charge in [0.25, 0.3) is 0 Å². The van der Waals surface area contributed by atoms with E-state index < -0.39 is 17.7 Å². The van der Waals surface area contributed by atoms with Crippen LogP contribution in [0.2, 0.25) is 0 Å². The van der Waals surface area contributed by atoms with Crippen molar-refractivity contribution in [3.8, 4) is 28.4 Å². The number of alkyl carbamates (subject to hydrolysis) is 1. The van der Waals surface area contributed by atoms with Crippen LogP contribution in [0.25, 0.3) is 11.1 Å². The normalized spacial score (nSPS) is 16.1. The van der Waals surface area contributed by atoms with Crippen LogP contribution in [0.1, 0.15) is 77.0 Å². The summed E-state index contributed by atoms with van der Waals surface area (Å²) in [7, 11) is 4.68. The zero-order valence-corrected chi connectivity index (χ0v) is 28.5. The lowest BCUT2D eigenvalue weighted by molar-refractivity contribution is -0.132. The molecule has 12 nitrogen and oxygen atoms in total. The number of nitrogens with one attached hydrogen (secondary N) is 3. The third-order valence-electron chi connectivity index (χ3n) is 8.37. The number of nitrogens with zero attached hydrogens (tertiary/aromatic N) is 1.